The van der Waals surface area contributed by atoms with Gasteiger partial charge in [0.2, 0.25) is 0 Å². The van der Waals surface area contributed by atoms with Gasteiger partial charge >= 0.3 is 5.97 Å². The fraction of sp³-hybridized carbons (Fsp3) is 0.231. The second kappa shape index (κ2) is 5.69. The number of carbonyl (C=O) groups is 1. The van der Waals surface area contributed by atoms with Gasteiger partial charge in [0.1, 0.15) is 5.15 Å². The highest BCUT2D eigenvalue weighted by molar-refractivity contribution is 6.29. The summed E-state index contributed by atoms with van der Waals surface area (Å²) in [5.74, 6) is -0.244. The summed E-state index contributed by atoms with van der Waals surface area (Å²) in [5.41, 5.74) is 2.01. The Bertz CT molecular complexity index is 551. The SMILES string of the molecule is COC(=O)Cc1ccccc1Cn1cnc(Cl)c1. The third-order valence-corrected chi connectivity index (χ3v) is 2.83. The second-order valence-electron chi connectivity index (χ2n) is 3.89. The zero-order chi connectivity index (χ0) is 13.0. The first-order chi connectivity index (χ1) is 8.69. The van der Waals surface area contributed by atoms with Crippen molar-refractivity contribution in [1.29, 1.82) is 0 Å². The molecule has 0 spiro atoms. The first-order valence-electron chi connectivity index (χ1n) is 5.50. The smallest absolute Gasteiger partial charge is 0.309 e. The average molecular weight is 265 g/mol. The fourth-order valence-corrected chi connectivity index (χ4v) is 1.90. The number of hydrogen-bond donors (Lipinski definition) is 0. The van der Waals surface area contributed by atoms with E-state index in [0.29, 0.717) is 11.7 Å². The third kappa shape index (κ3) is 3.11. The molecular weight excluding hydrogens is 252 g/mol. The van der Waals surface area contributed by atoms with Crippen molar-refractivity contribution in [2.75, 3.05) is 7.11 Å². The van der Waals surface area contributed by atoms with Crippen LogP contribution in [0.4, 0.5) is 0 Å². The van der Waals surface area contributed by atoms with E-state index in [1.54, 1.807) is 12.5 Å². The van der Waals surface area contributed by atoms with Gasteiger partial charge in [-0.25, -0.2) is 4.98 Å². The van der Waals surface area contributed by atoms with Crippen LogP contribution in [0.3, 0.4) is 0 Å². The molecule has 0 atom stereocenters. The standard InChI is InChI=1S/C13H13ClN2O2/c1-18-13(17)6-10-4-2-3-5-11(10)7-16-8-12(14)15-9-16/h2-5,8-9H,6-7H2,1H3. The molecule has 0 saturated heterocycles. The topological polar surface area (TPSA) is 44.1 Å². The van der Waals surface area contributed by atoms with E-state index in [-0.39, 0.29) is 12.4 Å². The highest BCUT2D eigenvalue weighted by Gasteiger charge is 2.08. The predicted molar refractivity (Wildman–Crippen MR) is 68.5 cm³/mol. The van der Waals surface area contributed by atoms with Gasteiger partial charge in [-0.05, 0) is 11.1 Å². The number of ether oxygens (including phenoxy) is 1. The minimum Gasteiger partial charge on any atom is -0.469 e. The summed E-state index contributed by atoms with van der Waals surface area (Å²) >= 11 is 5.77. The maximum atomic E-state index is 11.3. The molecule has 0 aliphatic rings. The van der Waals surface area contributed by atoms with Crippen LogP contribution in [-0.4, -0.2) is 22.6 Å². The van der Waals surface area contributed by atoms with Crippen molar-refractivity contribution >= 4 is 17.6 Å². The lowest BCUT2D eigenvalue weighted by atomic mass is 10.0. The summed E-state index contributed by atoms with van der Waals surface area (Å²) in [6, 6.07) is 7.74. The number of imidazole rings is 1. The quantitative estimate of drug-likeness (QED) is 0.796. The lowest BCUT2D eigenvalue weighted by Gasteiger charge is -2.09. The van der Waals surface area contributed by atoms with Gasteiger partial charge in [-0.3, -0.25) is 4.79 Å². The minimum absolute atomic E-state index is 0.244. The number of hydrogen-bond acceptors (Lipinski definition) is 3. The van der Waals surface area contributed by atoms with Crippen molar-refractivity contribution in [2.45, 2.75) is 13.0 Å². The first-order valence-corrected chi connectivity index (χ1v) is 5.87. The maximum Gasteiger partial charge on any atom is 0.309 e. The van der Waals surface area contributed by atoms with Gasteiger partial charge < -0.3 is 9.30 Å². The number of rotatable bonds is 4. The lowest BCUT2D eigenvalue weighted by molar-refractivity contribution is -0.139. The van der Waals surface area contributed by atoms with Crippen LogP contribution in [0.2, 0.25) is 5.15 Å². The third-order valence-electron chi connectivity index (χ3n) is 2.64. The molecule has 1 aromatic carbocycles. The molecule has 5 heteroatoms. The molecule has 0 bridgehead atoms. The summed E-state index contributed by atoms with van der Waals surface area (Å²) in [5, 5.41) is 0.459. The van der Waals surface area contributed by atoms with E-state index in [1.807, 2.05) is 28.8 Å². The molecular formula is C13H13ClN2O2. The molecule has 2 aromatic rings. The molecule has 0 unspecified atom stereocenters. The van der Waals surface area contributed by atoms with Gasteiger partial charge in [0, 0.05) is 12.7 Å². The highest BCUT2D eigenvalue weighted by atomic mass is 35.5. The molecule has 0 aliphatic carbocycles. The Hall–Kier alpha value is -1.81. The molecule has 94 valence electrons. The normalized spacial score (nSPS) is 10.3. The van der Waals surface area contributed by atoms with Crippen molar-refractivity contribution < 1.29 is 9.53 Å². The van der Waals surface area contributed by atoms with Gasteiger partial charge in [-0.2, -0.15) is 0 Å². The number of halogens is 1. The zero-order valence-electron chi connectivity index (χ0n) is 9.97. The minimum atomic E-state index is -0.244. The Morgan fingerprint density at radius 1 is 1.39 bits per heavy atom. The van der Waals surface area contributed by atoms with Crippen LogP contribution in [0.1, 0.15) is 11.1 Å². The largest absolute Gasteiger partial charge is 0.469 e. The van der Waals surface area contributed by atoms with Crippen LogP contribution in [-0.2, 0) is 22.5 Å². The predicted octanol–water partition coefficient (Wildman–Crippen LogP) is 2.30. The lowest BCUT2D eigenvalue weighted by Crippen LogP contribution is -2.08. The maximum absolute atomic E-state index is 11.3. The second-order valence-corrected chi connectivity index (χ2v) is 4.28. The van der Waals surface area contributed by atoms with E-state index >= 15 is 0 Å². The Morgan fingerprint density at radius 3 is 2.72 bits per heavy atom. The van der Waals surface area contributed by atoms with E-state index < -0.39 is 0 Å². The molecule has 0 fully saturated rings. The van der Waals surface area contributed by atoms with Crippen molar-refractivity contribution in [3.63, 3.8) is 0 Å². The highest BCUT2D eigenvalue weighted by Crippen LogP contribution is 2.13. The van der Waals surface area contributed by atoms with Crippen LogP contribution in [0.15, 0.2) is 36.8 Å². The molecule has 1 heterocycles. The molecule has 0 aliphatic heterocycles. The summed E-state index contributed by atoms with van der Waals surface area (Å²) in [4.78, 5) is 15.3. The van der Waals surface area contributed by atoms with Crippen LogP contribution >= 0.6 is 11.6 Å². The number of carbonyl (C=O) groups excluding carboxylic acids is 1. The summed E-state index contributed by atoms with van der Waals surface area (Å²) in [6.07, 6.45) is 3.68. The Morgan fingerprint density at radius 2 is 2.11 bits per heavy atom. The molecule has 0 radical (unpaired) electrons. The van der Waals surface area contributed by atoms with Gasteiger partial charge in [0.25, 0.3) is 0 Å². The zero-order valence-corrected chi connectivity index (χ0v) is 10.7. The number of benzene rings is 1. The van der Waals surface area contributed by atoms with Crippen LogP contribution in [0.25, 0.3) is 0 Å². The van der Waals surface area contributed by atoms with E-state index in [4.69, 9.17) is 11.6 Å². The van der Waals surface area contributed by atoms with E-state index in [0.717, 1.165) is 11.1 Å². The number of methoxy groups -OCH3 is 1. The number of nitrogens with zero attached hydrogens (tertiary/aromatic N) is 2. The van der Waals surface area contributed by atoms with E-state index in [9.17, 15) is 4.79 Å². The molecule has 4 nitrogen and oxygen atoms in total. The number of aromatic nitrogens is 2. The van der Waals surface area contributed by atoms with E-state index in [2.05, 4.69) is 9.72 Å². The van der Waals surface area contributed by atoms with E-state index in [1.165, 1.54) is 7.11 Å². The van der Waals surface area contributed by atoms with Crippen LogP contribution in [0.5, 0.6) is 0 Å². The van der Waals surface area contributed by atoms with Gasteiger partial charge in [0.05, 0.1) is 19.9 Å². The van der Waals surface area contributed by atoms with Crippen LogP contribution in [0, 0.1) is 0 Å². The van der Waals surface area contributed by atoms with Crippen LogP contribution < -0.4 is 0 Å². The van der Waals surface area contributed by atoms with Crippen molar-refractivity contribution in [3.8, 4) is 0 Å². The first kappa shape index (κ1) is 12.6. The molecule has 0 N–H and O–H groups in total. The summed E-state index contributed by atoms with van der Waals surface area (Å²) in [7, 11) is 1.39. The van der Waals surface area contributed by atoms with Gasteiger partial charge in [-0.15, -0.1) is 0 Å². The molecule has 0 saturated carbocycles. The summed E-state index contributed by atoms with van der Waals surface area (Å²) in [6.45, 7) is 0.632. The fourth-order valence-electron chi connectivity index (χ4n) is 1.73. The Labute approximate surface area is 110 Å². The molecule has 0 amide bonds. The van der Waals surface area contributed by atoms with Gasteiger partial charge in [-0.1, -0.05) is 35.9 Å². The Kier molecular flexibility index (Phi) is 3.99. The summed E-state index contributed by atoms with van der Waals surface area (Å²) < 4.78 is 6.56. The van der Waals surface area contributed by atoms with Gasteiger partial charge in [0.15, 0.2) is 0 Å². The molecule has 18 heavy (non-hydrogen) atoms. The van der Waals surface area contributed by atoms with Crippen molar-refractivity contribution in [3.05, 3.63) is 53.1 Å². The average Bonchev–Trinajstić information content (AvgIpc) is 2.77. The molecule has 1 aromatic heterocycles. The van der Waals surface area contributed by atoms with Crippen molar-refractivity contribution in [2.24, 2.45) is 0 Å². The Balaban J connectivity index is 2.19. The monoisotopic (exact) mass is 264 g/mol. The number of esters is 1. The molecule has 2 rings (SSSR count). The van der Waals surface area contributed by atoms with Crippen molar-refractivity contribution in [1.82, 2.24) is 9.55 Å².